The second-order valence-electron chi connectivity index (χ2n) is 10.9. The van der Waals surface area contributed by atoms with Gasteiger partial charge in [0, 0.05) is 28.8 Å². The minimum atomic E-state index is -0.138. The van der Waals surface area contributed by atoms with Gasteiger partial charge in [0.05, 0.1) is 5.69 Å². The second kappa shape index (κ2) is 10.2. The molecule has 0 unspecified atom stereocenters. The van der Waals surface area contributed by atoms with Gasteiger partial charge in [-0.2, -0.15) is 0 Å². The highest BCUT2D eigenvalue weighted by Crippen LogP contribution is 2.32. The van der Waals surface area contributed by atoms with Crippen LogP contribution in [0.25, 0.3) is 22.4 Å². The van der Waals surface area contributed by atoms with Gasteiger partial charge < -0.3 is 10.6 Å². The molecule has 0 atom stereocenters. The Morgan fingerprint density at radius 1 is 0.842 bits per heavy atom. The van der Waals surface area contributed by atoms with Gasteiger partial charge >= 0.3 is 0 Å². The van der Waals surface area contributed by atoms with Crippen LogP contribution >= 0.6 is 0 Å². The van der Waals surface area contributed by atoms with Gasteiger partial charge in [-0.3, -0.25) is 9.59 Å². The zero-order valence-corrected chi connectivity index (χ0v) is 22.2. The van der Waals surface area contributed by atoms with E-state index in [1.165, 1.54) is 6.33 Å². The molecule has 2 amide bonds. The molecule has 2 N–H and O–H groups in total. The molecule has 192 valence electrons. The predicted molar refractivity (Wildman–Crippen MR) is 152 cm³/mol. The van der Waals surface area contributed by atoms with E-state index in [4.69, 9.17) is 0 Å². The van der Waals surface area contributed by atoms with Gasteiger partial charge in [0.25, 0.3) is 5.91 Å². The van der Waals surface area contributed by atoms with Crippen LogP contribution in [0, 0.1) is 12.8 Å². The topological polar surface area (TPSA) is 84.0 Å². The Bertz CT molecular complexity index is 1520. The smallest absolute Gasteiger partial charge is 0.255 e. The first-order chi connectivity index (χ1) is 18.2. The van der Waals surface area contributed by atoms with Crippen LogP contribution in [-0.2, 0) is 10.2 Å². The first-order valence-corrected chi connectivity index (χ1v) is 12.9. The van der Waals surface area contributed by atoms with E-state index in [1.807, 2.05) is 54.6 Å². The fourth-order valence-electron chi connectivity index (χ4n) is 4.34. The maximum atomic E-state index is 13.1. The van der Waals surface area contributed by atoms with Crippen LogP contribution in [0.1, 0.15) is 55.1 Å². The Morgan fingerprint density at radius 2 is 1.61 bits per heavy atom. The van der Waals surface area contributed by atoms with Gasteiger partial charge in [-0.25, -0.2) is 9.97 Å². The minimum Gasteiger partial charge on any atom is -0.322 e. The second-order valence-corrected chi connectivity index (χ2v) is 10.9. The number of hydrogen-bond acceptors (Lipinski definition) is 4. The third-order valence-corrected chi connectivity index (χ3v) is 6.82. The Labute approximate surface area is 223 Å². The summed E-state index contributed by atoms with van der Waals surface area (Å²) in [5.74, 6) is 0.494. The summed E-state index contributed by atoms with van der Waals surface area (Å²) >= 11 is 0. The van der Waals surface area contributed by atoms with E-state index in [0.29, 0.717) is 11.4 Å². The van der Waals surface area contributed by atoms with Crippen LogP contribution in [0.2, 0.25) is 0 Å². The molecule has 38 heavy (non-hydrogen) atoms. The van der Waals surface area contributed by atoms with E-state index in [-0.39, 0.29) is 23.1 Å². The SMILES string of the molecule is Cc1ccc(NC(=O)c2cccc(C(C)(C)C)c2)cc1-c1cccc(-c2cc(NC(=O)C3CC3)ncn2)c1. The number of carbonyl (C=O) groups is 2. The van der Waals surface area contributed by atoms with Crippen molar-refractivity contribution in [1.82, 2.24) is 9.97 Å². The molecule has 1 fully saturated rings. The highest BCUT2D eigenvalue weighted by molar-refractivity contribution is 6.04. The van der Waals surface area contributed by atoms with Crippen molar-refractivity contribution in [2.24, 2.45) is 5.92 Å². The Balaban J connectivity index is 1.38. The van der Waals surface area contributed by atoms with Crippen molar-refractivity contribution in [3.05, 3.63) is 95.8 Å². The first kappa shape index (κ1) is 25.3. The number of hydrogen-bond donors (Lipinski definition) is 2. The van der Waals surface area contributed by atoms with Crippen LogP contribution in [-0.4, -0.2) is 21.8 Å². The number of nitrogens with one attached hydrogen (secondary N) is 2. The molecule has 6 heteroatoms. The third-order valence-electron chi connectivity index (χ3n) is 6.82. The lowest BCUT2D eigenvalue weighted by Gasteiger charge is -2.19. The maximum Gasteiger partial charge on any atom is 0.255 e. The van der Waals surface area contributed by atoms with Gasteiger partial charge in [0.1, 0.15) is 12.1 Å². The fourth-order valence-corrected chi connectivity index (χ4v) is 4.34. The summed E-state index contributed by atoms with van der Waals surface area (Å²) in [6, 6.07) is 23.6. The van der Waals surface area contributed by atoms with Gasteiger partial charge in [0.2, 0.25) is 5.91 Å². The highest BCUT2D eigenvalue weighted by Gasteiger charge is 2.29. The minimum absolute atomic E-state index is 0.0167. The Morgan fingerprint density at radius 3 is 2.37 bits per heavy atom. The molecule has 1 saturated carbocycles. The first-order valence-electron chi connectivity index (χ1n) is 12.9. The van der Waals surface area contributed by atoms with Gasteiger partial charge in [-0.05, 0) is 77.8 Å². The average molecular weight is 505 g/mol. The number of carbonyl (C=O) groups excluding carboxylic acids is 2. The van der Waals surface area contributed by atoms with Crippen molar-refractivity contribution in [3.63, 3.8) is 0 Å². The molecule has 1 aliphatic carbocycles. The quantitative estimate of drug-likeness (QED) is 0.296. The summed E-state index contributed by atoms with van der Waals surface area (Å²) in [6.07, 6.45) is 3.35. The summed E-state index contributed by atoms with van der Waals surface area (Å²) in [5, 5.41) is 5.95. The van der Waals surface area contributed by atoms with Crippen molar-refractivity contribution in [1.29, 1.82) is 0 Å². The number of aryl methyl sites for hydroxylation is 1. The largest absolute Gasteiger partial charge is 0.322 e. The van der Waals surface area contributed by atoms with Crippen molar-refractivity contribution in [3.8, 4) is 22.4 Å². The fraction of sp³-hybridized carbons (Fsp3) is 0.250. The molecule has 1 aliphatic rings. The molecule has 3 aromatic carbocycles. The predicted octanol–water partition coefficient (Wildman–Crippen LogP) is 7.02. The Hall–Kier alpha value is -4.32. The molecule has 5 rings (SSSR count). The molecule has 0 bridgehead atoms. The number of anilines is 2. The van der Waals surface area contributed by atoms with Crippen molar-refractivity contribution in [2.45, 2.75) is 46.0 Å². The molecule has 6 nitrogen and oxygen atoms in total. The number of rotatable bonds is 6. The standard InChI is InChI=1S/C32H32N4O2/c1-20-11-14-26(35-31(38)24-9-6-10-25(16-24)32(2,3)4)17-27(20)22-7-5-8-23(15-22)28-18-29(34-19-33-28)36-30(37)21-12-13-21/h5-11,14-19,21H,12-13H2,1-4H3,(H,35,38)(H,33,34,36,37). The lowest BCUT2D eigenvalue weighted by molar-refractivity contribution is -0.117. The van der Waals surface area contributed by atoms with E-state index < -0.39 is 0 Å². The summed E-state index contributed by atoms with van der Waals surface area (Å²) in [7, 11) is 0. The molecule has 1 heterocycles. The van der Waals surface area contributed by atoms with Gasteiger partial charge in [0.15, 0.2) is 0 Å². The van der Waals surface area contributed by atoms with Crippen LogP contribution in [0.5, 0.6) is 0 Å². The lowest BCUT2D eigenvalue weighted by atomic mass is 9.86. The third kappa shape index (κ3) is 5.80. The molecular formula is C32H32N4O2. The van der Waals surface area contributed by atoms with E-state index in [0.717, 1.165) is 52.0 Å². The normalized spacial score (nSPS) is 13.2. The summed E-state index contributed by atoms with van der Waals surface area (Å²) in [6.45, 7) is 8.46. The van der Waals surface area contributed by atoms with Gasteiger partial charge in [-0.15, -0.1) is 0 Å². The van der Waals surface area contributed by atoms with Gasteiger partial charge in [-0.1, -0.05) is 57.2 Å². The van der Waals surface area contributed by atoms with Crippen molar-refractivity contribution in [2.75, 3.05) is 10.6 Å². The Kier molecular flexibility index (Phi) is 6.81. The highest BCUT2D eigenvalue weighted by atomic mass is 16.2. The monoisotopic (exact) mass is 504 g/mol. The van der Waals surface area contributed by atoms with E-state index in [9.17, 15) is 9.59 Å². The number of nitrogens with zero attached hydrogens (tertiary/aromatic N) is 2. The molecule has 0 saturated heterocycles. The van der Waals surface area contributed by atoms with E-state index in [2.05, 4.69) is 60.4 Å². The van der Waals surface area contributed by atoms with E-state index >= 15 is 0 Å². The maximum absolute atomic E-state index is 13.1. The zero-order chi connectivity index (χ0) is 26.9. The molecule has 0 aliphatic heterocycles. The number of amides is 2. The van der Waals surface area contributed by atoms with Crippen LogP contribution in [0.4, 0.5) is 11.5 Å². The molecule has 4 aromatic rings. The summed E-state index contributed by atoms with van der Waals surface area (Å²) < 4.78 is 0. The zero-order valence-electron chi connectivity index (χ0n) is 22.2. The van der Waals surface area contributed by atoms with Crippen LogP contribution < -0.4 is 10.6 Å². The van der Waals surface area contributed by atoms with Crippen LogP contribution in [0.15, 0.2) is 79.1 Å². The van der Waals surface area contributed by atoms with E-state index in [1.54, 1.807) is 6.07 Å². The number of benzene rings is 3. The summed E-state index contributed by atoms with van der Waals surface area (Å²) in [4.78, 5) is 33.9. The molecule has 0 spiro atoms. The van der Waals surface area contributed by atoms with Crippen molar-refractivity contribution < 1.29 is 9.59 Å². The molecular weight excluding hydrogens is 472 g/mol. The summed E-state index contributed by atoms with van der Waals surface area (Å²) in [5.41, 5.74) is 7.21. The molecule has 1 aromatic heterocycles. The van der Waals surface area contributed by atoms with Crippen molar-refractivity contribution >= 4 is 23.3 Å². The average Bonchev–Trinajstić information content (AvgIpc) is 3.75. The van der Waals surface area contributed by atoms with Crippen LogP contribution in [0.3, 0.4) is 0 Å². The molecule has 0 radical (unpaired) electrons. The number of aromatic nitrogens is 2. The lowest BCUT2D eigenvalue weighted by Crippen LogP contribution is -2.15.